The highest BCUT2D eigenvalue weighted by Gasteiger charge is 2.25. The van der Waals surface area contributed by atoms with Gasteiger partial charge in [0, 0.05) is 41.5 Å². The monoisotopic (exact) mass is 455 g/mol. The third kappa shape index (κ3) is 5.84. The van der Waals surface area contributed by atoms with Gasteiger partial charge in [0.05, 0.1) is 17.5 Å². The lowest BCUT2D eigenvalue weighted by Gasteiger charge is -2.21. The maximum atomic E-state index is 11.9. The molecule has 1 aliphatic rings. The number of halogens is 1. The summed E-state index contributed by atoms with van der Waals surface area (Å²) in [6, 6.07) is 2.08. The summed E-state index contributed by atoms with van der Waals surface area (Å²) in [5.41, 5.74) is 5.28. The van der Waals surface area contributed by atoms with Gasteiger partial charge in [-0.05, 0) is 64.8 Å². The number of aliphatic imine (C=N–C) groups is 1. The summed E-state index contributed by atoms with van der Waals surface area (Å²) in [4.78, 5) is 18.2. The minimum absolute atomic E-state index is 0.109. The Labute approximate surface area is 194 Å². The number of aromatic nitrogens is 2. The van der Waals surface area contributed by atoms with Gasteiger partial charge in [-0.1, -0.05) is 17.7 Å². The quantitative estimate of drug-likeness (QED) is 0.352. The van der Waals surface area contributed by atoms with Crippen molar-refractivity contribution in [1.82, 2.24) is 14.7 Å². The lowest BCUT2D eigenvalue weighted by atomic mass is 10.0. The molecule has 1 aromatic rings. The highest BCUT2D eigenvalue weighted by Crippen LogP contribution is 2.29. The summed E-state index contributed by atoms with van der Waals surface area (Å²) < 4.78 is 1.68. The fourth-order valence-corrected chi connectivity index (χ4v) is 3.75. The van der Waals surface area contributed by atoms with E-state index in [1.807, 2.05) is 27.7 Å². The van der Waals surface area contributed by atoms with E-state index in [0.29, 0.717) is 41.1 Å². The predicted molar refractivity (Wildman–Crippen MR) is 128 cm³/mol. The molecule has 2 heterocycles. The number of aryl methyl sites for hydroxylation is 1. The van der Waals surface area contributed by atoms with Crippen molar-refractivity contribution in [2.24, 2.45) is 4.99 Å². The molecular formula is C24H30ClN5O2. The summed E-state index contributed by atoms with van der Waals surface area (Å²) in [7, 11) is 0. The number of aliphatic hydroxyl groups excluding tert-OH is 1. The number of allylic oxidation sites excluding steroid dienone is 6. The number of hydrogen-bond acceptors (Lipinski definition) is 5. The summed E-state index contributed by atoms with van der Waals surface area (Å²) in [5.74, 6) is 0.109. The molecule has 1 fully saturated rings. The summed E-state index contributed by atoms with van der Waals surface area (Å²) >= 11 is 5.81. The van der Waals surface area contributed by atoms with Crippen LogP contribution in [0.15, 0.2) is 46.0 Å². The Morgan fingerprint density at radius 1 is 1.38 bits per heavy atom. The normalized spacial score (nSPS) is 18.1. The summed E-state index contributed by atoms with van der Waals surface area (Å²) in [6.07, 6.45) is 8.74. The first kappa shape index (κ1) is 25.3. The van der Waals surface area contributed by atoms with E-state index in [0.717, 1.165) is 12.1 Å². The van der Waals surface area contributed by atoms with Crippen molar-refractivity contribution in [3.8, 4) is 6.07 Å². The third-order valence-corrected chi connectivity index (χ3v) is 5.55. The van der Waals surface area contributed by atoms with Crippen LogP contribution in [0.1, 0.15) is 56.7 Å². The number of likely N-dealkylation sites (tertiary alicyclic amines) is 1. The van der Waals surface area contributed by atoms with Crippen molar-refractivity contribution in [3.63, 3.8) is 0 Å². The first-order chi connectivity index (χ1) is 15.2. The van der Waals surface area contributed by atoms with Gasteiger partial charge in [0.25, 0.3) is 0 Å². The number of rotatable bonds is 8. The van der Waals surface area contributed by atoms with Crippen molar-refractivity contribution < 1.29 is 9.90 Å². The molecule has 0 aromatic carbocycles. The van der Waals surface area contributed by atoms with Gasteiger partial charge in [-0.25, -0.2) is 4.68 Å². The lowest BCUT2D eigenvalue weighted by Crippen LogP contribution is -2.32. The second kappa shape index (κ2) is 11.6. The number of nitrogens with zero attached hydrogens (tertiary/aromatic N) is 5. The molecule has 0 radical (unpaired) electrons. The second-order valence-corrected chi connectivity index (χ2v) is 7.89. The Hall–Kier alpha value is -2.95. The highest BCUT2D eigenvalue weighted by molar-refractivity contribution is 6.25. The van der Waals surface area contributed by atoms with E-state index in [4.69, 9.17) is 16.9 Å². The van der Waals surface area contributed by atoms with E-state index in [1.165, 1.54) is 5.54 Å². The molecule has 1 amide bonds. The first-order valence-electron chi connectivity index (χ1n) is 10.5. The molecule has 8 heteroatoms. The van der Waals surface area contributed by atoms with E-state index >= 15 is 0 Å². The van der Waals surface area contributed by atoms with Crippen LogP contribution in [-0.4, -0.2) is 44.6 Å². The molecule has 0 saturated carbocycles. The molecule has 170 valence electrons. The molecule has 1 saturated heterocycles. The van der Waals surface area contributed by atoms with Crippen LogP contribution in [0.4, 0.5) is 0 Å². The summed E-state index contributed by atoms with van der Waals surface area (Å²) in [5, 5.41) is 24.7. The standard InChI is InChI=1S/C24H30ClN5O2/c1-6-20(15-27-19(5)29-13-7-8-22(29)31)24(32)23-17(3)28-30(18(23)4)21(11-12-25)10-9-16(2)14-26/h6,9-12,15,19,24,32H,7-8,13H2,1-5H3/b12-11+,16-9+,20-6+,21-10+,27-15-. The number of hydrogen-bond donors (Lipinski definition) is 1. The minimum Gasteiger partial charge on any atom is -0.383 e. The molecule has 0 spiro atoms. The van der Waals surface area contributed by atoms with Gasteiger partial charge in [-0.3, -0.25) is 9.79 Å². The third-order valence-electron chi connectivity index (χ3n) is 5.43. The average molecular weight is 456 g/mol. The molecule has 0 aliphatic carbocycles. The highest BCUT2D eigenvalue weighted by atomic mass is 35.5. The van der Waals surface area contributed by atoms with Crippen LogP contribution in [0, 0.1) is 25.2 Å². The van der Waals surface area contributed by atoms with Crippen LogP contribution in [0.25, 0.3) is 5.70 Å². The van der Waals surface area contributed by atoms with Gasteiger partial charge in [-0.2, -0.15) is 10.4 Å². The number of carbonyl (C=O) groups is 1. The molecule has 2 rings (SSSR count). The Morgan fingerprint density at radius 3 is 2.66 bits per heavy atom. The largest absolute Gasteiger partial charge is 0.383 e. The van der Waals surface area contributed by atoms with E-state index < -0.39 is 6.10 Å². The zero-order valence-electron chi connectivity index (χ0n) is 19.2. The van der Waals surface area contributed by atoms with Crippen LogP contribution >= 0.6 is 11.6 Å². The molecule has 1 N–H and O–H groups in total. The maximum absolute atomic E-state index is 11.9. The fourth-order valence-electron chi connectivity index (χ4n) is 3.62. The van der Waals surface area contributed by atoms with Crippen LogP contribution < -0.4 is 0 Å². The van der Waals surface area contributed by atoms with Crippen LogP contribution in [0.5, 0.6) is 0 Å². The summed E-state index contributed by atoms with van der Waals surface area (Å²) in [6.45, 7) is 9.83. The Morgan fingerprint density at radius 2 is 2.09 bits per heavy atom. The average Bonchev–Trinajstić information content (AvgIpc) is 3.33. The van der Waals surface area contributed by atoms with E-state index in [2.05, 4.69) is 16.2 Å². The number of nitriles is 1. The van der Waals surface area contributed by atoms with Gasteiger partial charge in [0.2, 0.25) is 5.91 Å². The molecule has 32 heavy (non-hydrogen) atoms. The van der Waals surface area contributed by atoms with Gasteiger partial charge < -0.3 is 10.0 Å². The Bertz CT molecular complexity index is 1040. The van der Waals surface area contributed by atoms with E-state index in [9.17, 15) is 9.90 Å². The smallest absolute Gasteiger partial charge is 0.224 e. The van der Waals surface area contributed by atoms with Crippen molar-refractivity contribution in [2.45, 2.75) is 59.7 Å². The van der Waals surface area contributed by atoms with Crippen molar-refractivity contribution in [2.75, 3.05) is 6.54 Å². The molecule has 1 aromatic heterocycles. The number of carbonyl (C=O) groups excluding carboxylic acids is 1. The molecule has 0 bridgehead atoms. The second-order valence-electron chi connectivity index (χ2n) is 7.63. The number of aliphatic hydroxyl groups is 1. The van der Waals surface area contributed by atoms with Crippen LogP contribution in [-0.2, 0) is 4.79 Å². The van der Waals surface area contributed by atoms with Crippen molar-refractivity contribution >= 4 is 29.4 Å². The van der Waals surface area contributed by atoms with Crippen LogP contribution in [0.3, 0.4) is 0 Å². The van der Waals surface area contributed by atoms with Gasteiger partial charge >= 0.3 is 0 Å². The number of amides is 1. The molecular weight excluding hydrogens is 426 g/mol. The van der Waals surface area contributed by atoms with Gasteiger partial charge in [0.15, 0.2) is 0 Å². The van der Waals surface area contributed by atoms with Crippen LogP contribution in [0.2, 0.25) is 0 Å². The van der Waals surface area contributed by atoms with Crippen molar-refractivity contribution in [3.05, 3.63) is 57.9 Å². The molecule has 2 unspecified atom stereocenters. The molecule has 1 aliphatic heterocycles. The van der Waals surface area contributed by atoms with Crippen molar-refractivity contribution in [1.29, 1.82) is 5.26 Å². The predicted octanol–water partition coefficient (Wildman–Crippen LogP) is 4.58. The van der Waals surface area contributed by atoms with Gasteiger partial charge in [-0.15, -0.1) is 0 Å². The maximum Gasteiger partial charge on any atom is 0.224 e. The van der Waals surface area contributed by atoms with Gasteiger partial charge in [0.1, 0.15) is 12.3 Å². The SMILES string of the molecule is C/C=C(\C=N/C(C)N1CCCC1=O)C(O)c1c(C)nn(C(/C=C/Cl)=C/C=C(\C)C#N)c1C. The Balaban J connectivity index is 2.36. The first-order valence-corrected chi connectivity index (χ1v) is 11.0. The molecule has 7 nitrogen and oxygen atoms in total. The zero-order valence-corrected chi connectivity index (χ0v) is 20.0. The lowest BCUT2D eigenvalue weighted by molar-refractivity contribution is -0.129. The molecule has 2 atom stereocenters. The fraction of sp³-hybridized carbons (Fsp3) is 0.417. The minimum atomic E-state index is -0.934. The Kier molecular flexibility index (Phi) is 9.18. The zero-order chi connectivity index (χ0) is 23.8. The van der Waals surface area contributed by atoms with E-state index in [-0.39, 0.29) is 12.1 Å². The topological polar surface area (TPSA) is 94.5 Å². The van der Waals surface area contributed by atoms with E-state index in [1.54, 1.807) is 47.0 Å².